The van der Waals surface area contributed by atoms with Crippen LogP contribution < -0.4 is 16.8 Å². The fraction of sp³-hybridized carbons (Fsp3) is 0.304. The van der Waals surface area contributed by atoms with Gasteiger partial charge in [-0.25, -0.2) is 14.4 Å². The van der Waals surface area contributed by atoms with Gasteiger partial charge in [0, 0.05) is 24.3 Å². The van der Waals surface area contributed by atoms with E-state index in [2.05, 4.69) is 16.4 Å². The van der Waals surface area contributed by atoms with E-state index in [0.717, 1.165) is 48.1 Å². The highest BCUT2D eigenvalue weighted by molar-refractivity contribution is 6.33. The molecule has 2 aromatic heterocycles. The van der Waals surface area contributed by atoms with E-state index >= 15 is 0 Å². The summed E-state index contributed by atoms with van der Waals surface area (Å²) in [4.78, 5) is 8.95. The van der Waals surface area contributed by atoms with E-state index in [-0.39, 0.29) is 11.9 Å². The van der Waals surface area contributed by atoms with Crippen LogP contribution in [-0.4, -0.2) is 16.0 Å². The molecule has 0 radical (unpaired) electrons. The first kappa shape index (κ1) is 20.6. The van der Waals surface area contributed by atoms with Crippen LogP contribution in [0.4, 0.5) is 16.0 Å². The Bertz CT molecular complexity index is 1030. The van der Waals surface area contributed by atoms with E-state index in [0.29, 0.717) is 29.1 Å². The van der Waals surface area contributed by atoms with Gasteiger partial charge in [-0.2, -0.15) is 0 Å². The molecule has 0 bridgehead atoms. The third-order valence-electron chi connectivity index (χ3n) is 5.63. The van der Waals surface area contributed by atoms with Gasteiger partial charge in [0.1, 0.15) is 17.5 Å². The molecule has 1 saturated carbocycles. The molecule has 4 rings (SSSR count). The quantitative estimate of drug-likeness (QED) is 0.528. The summed E-state index contributed by atoms with van der Waals surface area (Å²) in [6.45, 7) is 0.466. The first-order valence-electron chi connectivity index (χ1n) is 10.2. The van der Waals surface area contributed by atoms with E-state index in [4.69, 9.17) is 28.1 Å². The molecule has 5 nitrogen and oxygen atoms in total. The second-order valence-corrected chi connectivity index (χ2v) is 8.23. The number of aromatic nitrogens is 2. The van der Waals surface area contributed by atoms with Gasteiger partial charge >= 0.3 is 0 Å². The first-order chi connectivity index (χ1) is 14.5. The summed E-state index contributed by atoms with van der Waals surface area (Å²) in [7, 11) is 0. The number of nitrogens with two attached hydrogens (primary N) is 2. The summed E-state index contributed by atoms with van der Waals surface area (Å²) in [6, 6.07) is 12.6. The van der Waals surface area contributed by atoms with Crippen LogP contribution in [0.3, 0.4) is 0 Å². The minimum atomic E-state index is -0.257. The average Bonchev–Trinajstić information content (AvgIpc) is 2.75. The predicted molar refractivity (Wildman–Crippen MR) is 120 cm³/mol. The normalized spacial score (nSPS) is 18.9. The number of rotatable bonds is 5. The molecule has 0 spiro atoms. The molecular weight excluding hydrogens is 401 g/mol. The molecule has 0 atom stereocenters. The molecule has 1 fully saturated rings. The molecule has 2 heterocycles. The van der Waals surface area contributed by atoms with Crippen molar-refractivity contribution in [3.63, 3.8) is 0 Å². The Labute approximate surface area is 180 Å². The molecule has 0 unspecified atom stereocenters. The van der Waals surface area contributed by atoms with Gasteiger partial charge in [-0.3, -0.25) is 0 Å². The lowest BCUT2D eigenvalue weighted by molar-refractivity contribution is 0.395. The summed E-state index contributed by atoms with van der Waals surface area (Å²) < 4.78 is 13.5. The van der Waals surface area contributed by atoms with Crippen molar-refractivity contribution >= 4 is 23.2 Å². The van der Waals surface area contributed by atoms with Crippen molar-refractivity contribution in [2.24, 2.45) is 5.73 Å². The van der Waals surface area contributed by atoms with Crippen molar-refractivity contribution in [1.82, 2.24) is 9.97 Å². The van der Waals surface area contributed by atoms with Crippen LogP contribution in [0.2, 0.25) is 5.02 Å². The van der Waals surface area contributed by atoms with Gasteiger partial charge in [-0.1, -0.05) is 29.8 Å². The Hall–Kier alpha value is -2.70. The van der Waals surface area contributed by atoms with Crippen molar-refractivity contribution in [3.05, 3.63) is 70.6 Å². The molecule has 0 saturated heterocycles. The Balaban J connectivity index is 1.67. The van der Waals surface area contributed by atoms with Crippen LogP contribution in [0.5, 0.6) is 0 Å². The molecule has 1 aliphatic carbocycles. The minimum Gasteiger partial charge on any atom is -0.384 e. The zero-order valence-corrected chi connectivity index (χ0v) is 17.4. The largest absolute Gasteiger partial charge is 0.384 e. The highest BCUT2D eigenvalue weighted by atomic mass is 35.5. The van der Waals surface area contributed by atoms with Crippen molar-refractivity contribution < 1.29 is 4.39 Å². The molecule has 0 aliphatic heterocycles. The minimum absolute atomic E-state index is 0.257. The second kappa shape index (κ2) is 8.98. The van der Waals surface area contributed by atoms with E-state index in [9.17, 15) is 4.39 Å². The number of nitrogens with zero attached hydrogens (tertiary/aromatic N) is 2. The lowest BCUT2D eigenvalue weighted by atomic mass is 9.80. The van der Waals surface area contributed by atoms with E-state index in [1.54, 1.807) is 18.3 Å². The Morgan fingerprint density at radius 1 is 1.10 bits per heavy atom. The molecule has 5 N–H and O–H groups in total. The zero-order chi connectivity index (χ0) is 21.1. The number of anilines is 2. The summed E-state index contributed by atoms with van der Waals surface area (Å²) in [5.41, 5.74) is 15.6. The maximum atomic E-state index is 13.5. The zero-order valence-electron chi connectivity index (χ0n) is 16.6. The Kier molecular flexibility index (Phi) is 6.16. The lowest BCUT2D eigenvalue weighted by Gasteiger charge is -2.28. The van der Waals surface area contributed by atoms with Gasteiger partial charge < -0.3 is 16.8 Å². The van der Waals surface area contributed by atoms with Crippen molar-refractivity contribution in [3.8, 4) is 11.3 Å². The monoisotopic (exact) mass is 425 g/mol. The molecule has 3 aromatic rings. The summed E-state index contributed by atoms with van der Waals surface area (Å²) in [5.74, 6) is 1.20. The van der Waals surface area contributed by atoms with Gasteiger partial charge in [0.25, 0.3) is 0 Å². The second-order valence-electron chi connectivity index (χ2n) is 7.82. The number of nitrogens with one attached hydrogen (secondary N) is 1. The van der Waals surface area contributed by atoms with Gasteiger partial charge in [0.15, 0.2) is 0 Å². The lowest BCUT2D eigenvalue weighted by Crippen LogP contribution is -2.26. The molecule has 7 heteroatoms. The highest BCUT2D eigenvalue weighted by Crippen LogP contribution is 2.39. The topological polar surface area (TPSA) is 89.8 Å². The van der Waals surface area contributed by atoms with E-state index in [1.165, 1.54) is 12.1 Å². The van der Waals surface area contributed by atoms with E-state index in [1.807, 2.05) is 12.1 Å². The van der Waals surface area contributed by atoms with Crippen LogP contribution >= 0.6 is 11.6 Å². The molecule has 1 aromatic carbocycles. The molecule has 1 aliphatic rings. The van der Waals surface area contributed by atoms with Crippen LogP contribution in [0.25, 0.3) is 11.3 Å². The van der Waals surface area contributed by atoms with Crippen molar-refractivity contribution in [2.75, 3.05) is 11.1 Å². The van der Waals surface area contributed by atoms with Crippen molar-refractivity contribution in [2.45, 2.75) is 44.2 Å². The maximum absolute atomic E-state index is 13.5. The van der Waals surface area contributed by atoms with Crippen LogP contribution in [0.1, 0.15) is 42.7 Å². The third-order valence-corrected chi connectivity index (χ3v) is 5.93. The fourth-order valence-corrected chi connectivity index (χ4v) is 4.21. The van der Waals surface area contributed by atoms with Crippen LogP contribution in [0, 0.1) is 5.82 Å². The van der Waals surface area contributed by atoms with Gasteiger partial charge in [0.2, 0.25) is 0 Å². The number of halogens is 2. The average molecular weight is 426 g/mol. The number of pyridine rings is 2. The van der Waals surface area contributed by atoms with Crippen LogP contribution in [0.15, 0.2) is 48.7 Å². The first-order valence-corrected chi connectivity index (χ1v) is 10.5. The van der Waals surface area contributed by atoms with Gasteiger partial charge in [0.05, 0.1) is 10.7 Å². The Morgan fingerprint density at radius 2 is 1.90 bits per heavy atom. The summed E-state index contributed by atoms with van der Waals surface area (Å²) >= 11 is 6.47. The highest BCUT2D eigenvalue weighted by Gasteiger charge is 2.24. The number of benzene rings is 1. The summed E-state index contributed by atoms with van der Waals surface area (Å²) in [6.07, 6.45) is 5.58. The predicted octanol–water partition coefficient (Wildman–Crippen LogP) is 5.12. The SMILES string of the molecule is Nc1cc(-c2nc(NCc3cccc(F)c3)ccc2C2CCC(N)CC2)c(Cl)cn1. The molecule has 0 amide bonds. The number of hydrogen-bond donors (Lipinski definition) is 3. The Morgan fingerprint density at radius 3 is 2.67 bits per heavy atom. The maximum Gasteiger partial charge on any atom is 0.126 e. The molecule has 156 valence electrons. The fourth-order valence-electron chi connectivity index (χ4n) is 4.02. The van der Waals surface area contributed by atoms with Crippen LogP contribution in [-0.2, 0) is 6.54 Å². The summed E-state index contributed by atoms with van der Waals surface area (Å²) in [5, 5.41) is 3.79. The standard InChI is InChI=1S/C23H25ClFN5/c24-20-13-28-21(27)11-19(20)23-18(15-4-6-17(26)7-5-15)8-9-22(30-23)29-12-14-2-1-3-16(25)10-14/h1-3,8-11,13,15,17H,4-7,12,26H2,(H2,27,28)(H,29,30). The molecule has 30 heavy (non-hydrogen) atoms. The number of nitrogen functional groups attached to an aromatic ring is 1. The van der Waals surface area contributed by atoms with Crippen molar-refractivity contribution in [1.29, 1.82) is 0 Å². The molecular formula is C23H25ClFN5. The number of hydrogen-bond acceptors (Lipinski definition) is 5. The van der Waals surface area contributed by atoms with E-state index < -0.39 is 0 Å². The third kappa shape index (κ3) is 4.71. The van der Waals surface area contributed by atoms with Gasteiger partial charge in [-0.05, 0) is 67.0 Å². The van der Waals surface area contributed by atoms with Gasteiger partial charge in [-0.15, -0.1) is 0 Å². The smallest absolute Gasteiger partial charge is 0.126 e.